The molecule has 0 aliphatic carbocycles. The summed E-state index contributed by atoms with van der Waals surface area (Å²) in [5, 5.41) is 2.78. The summed E-state index contributed by atoms with van der Waals surface area (Å²) in [4.78, 5) is 33.9. The lowest BCUT2D eigenvalue weighted by Crippen LogP contribution is -2.45. The summed E-state index contributed by atoms with van der Waals surface area (Å²) < 4.78 is 24.6. The Kier molecular flexibility index (Phi) is 9.04. The van der Waals surface area contributed by atoms with Crippen LogP contribution in [0.1, 0.15) is 16.8 Å². The van der Waals surface area contributed by atoms with Crippen molar-refractivity contribution in [2.24, 2.45) is 0 Å². The van der Waals surface area contributed by atoms with E-state index < -0.39 is 6.04 Å². The topological polar surface area (TPSA) is 90.4 Å². The Morgan fingerprint density at radius 3 is 2.22 bits per heavy atom. The summed E-state index contributed by atoms with van der Waals surface area (Å²) >= 11 is 0. The molecule has 0 saturated carbocycles. The average Bonchev–Trinajstić information content (AvgIpc) is 2.91. The summed E-state index contributed by atoms with van der Waals surface area (Å²) in [7, 11) is 0. The second-order valence-corrected chi connectivity index (χ2v) is 8.34. The number of hydrogen-bond acceptors (Lipinski definition) is 6. The highest BCUT2D eigenvalue weighted by Crippen LogP contribution is 2.22. The van der Waals surface area contributed by atoms with Crippen LogP contribution in [-0.2, 0) is 33.8 Å². The Morgan fingerprint density at radius 1 is 0.838 bits per heavy atom. The van der Waals surface area contributed by atoms with Crippen LogP contribution in [0.3, 0.4) is 0 Å². The van der Waals surface area contributed by atoms with E-state index >= 15 is 0 Å². The minimum atomic E-state index is -0.831. The zero-order chi connectivity index (χ0) is 25.9. The highest BCUT2D eigenvalue weighted by Gasteiger charge is 2.22. The van der Waals surface area contributed by atoms with Crippen molar-refractivity contribution < 1.29 is 23.5 Å². The van der Waals surface area contributed by atoms with E-state index in [-0.39, 0.29) is 37.0 Å². The Hall–Kier alpha value is -4.43. The molecule has 0 unspecified atom stereocenters. The number of ketones is 1. The van der Waals surface area contributed by atoms with Crippen LogP contribution in [0, 0.1) is 5.82 Å². The molecule has 0 bridgehead atoms. The third-order valence-electron chi connectivity index (χ3n) is 5.43. The fourth-order valence-corrected chi connectivity index (χ4v) is 3.55. The van der Waals surface area contributed by atoms with Crippen LogP contribution >= 0.6 is 0 Å². The number of nitrogens with one attached hydrogen (secondary N) is 1. The SMILES string of the molecule is O=C(Cc1cnccn1)N[C@@H](COCc1ccccc1)C(=O)Cc1ccc(Oc2ccc(F)cc2)cc1. The van der Waals surface area contributed by atoms with Gasteiger partial charge in [0.05, 0.1) is 25.3 Å². The lowest BCUT2D eigenvalue weighted by Gasteiger charge is -2.18. The van der Waals surface area contributed by atoms with Crippen molar-refractivity contribution in [2.45, 2.75) is 25.5 Å². The number of hydrogen-bond donors (Lipinski definition) is 1. The largest absolute Gasteiger partial charge is 0.457 e. The number of amides is 1. The van der Waals surface area contributed by atoms with Crippen LogP contribution in [0.25, 0.3) is 0 Å². The lowest BCUT2D eigenvalue weighted by molar-refractivity contribution is -0.128. The maximum atomic E-state index is 13.2. The molecule has 0 radical (unpaired) electrons. The number of nitrogens with zero attached hydrogens (tertiary/aromatic N) is 2. The van der Waals surface area contributed by atoms with E-state index in [1.54, 1.807) is 24.3 Å². The van der Waals surface area contributed by atoms with Crippen molar-refractivity contribution in [1.29, 1.82) is 0 Å². The van der Waals surface area contributed by atoms with Crippen molar-refractivity contribution in [3.63, 3.8) is 0 Å². The van der Waals surface area contributed by atoms with Gasteiger partial charge in [-0.1, -0.05) is 42.5 Å². The Morgan fingerprint density at radius 2 is 1.54 bits per heavy atom. The molecule has 0 saturated heterocycles. The average molecular weight is 500 g/mol. The molecule has 4 rings (SSSR count). The van der Waals surface area contributed by atoms with Gasteiger partial charge in [-0.15, -0.1) is 0 Å². The number of benzene rings is 3. The molecule has 1 amide bonds. The molecular formula is C29H26FN3O4. The molecule has 1 N–H and O–H groups in total. The molecule has 1 aromatic heterocycles. The summed E-state index contributed by atoms with van der Waals surface area (Å²) in [5.41, 5.74) is 2.23. The predicted molar refractivity (Wildman–Crippen MR) is 135 cm³/mol. The third kappa shape index (κ3) is 8.33. The first kappa shape index (κ1) is 25.7. The Labute approximate surface area is 214 Å². The number of Topliss-reactive ketones (excluding diaryl/α,β-unsaturated/α-hetero) is 1. The van der Waals surface area contributed by atoms with Crippen molar-refractivity contribution >= 4 is 11.7 Å². The van der Waals surface area contributed by atoms with Gasteiger partial charge in [0.2, 0.25) is 5.91 Å². The molecule has 4 aromatic rings. The van der Waals surface area contributed by atoms with Crippen molar-refractivity contribution in [3.05, 3.63) is 120 Å². The number of rotatable bonds is 12. The summed E-state index contributed by atoms with van der Waals surface area (Å²) in [6.07, 6.45) is 4.66. The summed E-state index contributed by atoms with van der Waals surface area (Å²) in [5.74, 6) is 0.194. The third-order valence-corrected chi connectivity index (χ3v) is 5.43. The van der Waals surface area contributed by atoms with Gasteiger partial charge >= 0.3 is 0 Å². The minimum Gasteiger partial charge on any atom is -0.457 e. The van der Waals surface area contributed by atoms with E-state index in [2.05, 4.69) is 15.3 Å². The zero-order valence-corrected chi connectivity index (χ0v) is 20.0. The number of halogens is 1. The second-order valence-electron chi connectivity index (χ2n) is 8.34. The molecule has 188 valence electrons. The van der Waals surface area contributed by atoms with Gasteiger partial charge < -0.3 is 14.8 Å². The lowest BCUT2D eigenvalue weighted by atomic mass is 10.0. The molecule has 3 aromatic carbocycles. The van der Waals surface area contributed by atoms with Gasteiger partial charge in [0.25, 0.3) is 0 Å². The van der Waals surface area contributed by atoms with E-state index in [0.29, 0.717) is 23.8 Å². The standard InChI is InChI=1S/C29H26FN3O4/c30-23-8-12-26(13-9-23)37-25-10-6-21(7-11-25)16-28(34)27(20-36-19-22-4-2-1-3-5-22)33-29(35)17-24-18-31-14-15-32-24/h1-15,18,27H,16-17,19-20H2,(H,33,35)/t27-/m0/s1. The summed E-state index contributed by atoms with van der Waals surface area (Å²) in [6, 6.07) is 21.5. The van der Waals surface area contributed by atoms with Crippen LogP contribution in [0.5, 0.6) is 11.5 Å². The second kappa shape index (κ2) is 13.0. The highest BCUT2D eigenvalue weighted by atomic mass is 19.1. The van der Waals surface area contributed by atoms with E-state index in [4.69, 9.17) is 9.47 Å². The highest BCUT2D eigenvalue weighted by molar-refractivity contribution is 5.91. The van der Waals surface area contributed by atoms with Crippen molar-refractivity contribution in [3.8, 4) is 11.5 Å². The molecule has 0 aliphatic rings. The van der Waals surface area contributed by atoms with Crippen LogP contribution < -0.4 is 10.1 Å². The van der Waals surface area contributed by atoms with Crippen molar-refractivity contribution in [2.75, 3.05) is 6.61 Å². The van der Waals surface area contributed by atoms with Crippen LogP contribution in [0.2, 0.25) is 0 Å². The molecule has 0 fully saturated rings. The van der Waals surface area contributed by atoms with Crippen LogP contribution in [0.4, 0.5) is 4.39 Å². The first-order chi connectivity index (χ1) is 18.0. The van der Waals surface area contributed by atoms with Crippen LogP contribution in [-0.4, -0.2) is 34.3 Å². The van der Waals surface area contributed by atoms with E-state index in [0.717, 1.165) is 11.1 Å². The zero-order valence-electron chi connectivity index (χ0n) is 20.0. The van der Waals surface area contributed by atoms with Gasteiger partial charge in [0.15, 0.2) is 5.78 Å². The number of aromatic nitrogens is 2. The van der Waals surface area contributed by atoms with E-state index in [9.17, 15) is 14.0 Å². The molecule has 0 spiro atoms. The number of carbonyl (C=O) groups excluding carboxylic acids is 2. The fraction of sp³-hybridized carbons (Fsp3) is 0.172. The molecule has 7 nitrogen and oxygen atoms in total. The maximum Gasteiger partial charge on any atom is 0.226 e. The monoisotopic (exact) mass is 499 g/mol. The molecule has 8 heteroatoms. The number of ether oxygens (including phenoxy) is 2. The molecule has 1 atom stereocenters. The minimum absolute atomic E-state index is 0.00568. The smallest absolute Gasteiger partial charge is 0.226 e. The quantitative estimate of drug-likeness (QED) is 0.310. The Balaban J connectivity index is 1.37. The van der Waals surface area contributed by atoms with E-state index in [1.165, 1.54) is 42.9 Å². The molecule has 0 aliphatic heterocycles. The first-order valence-corrected chi connectivity index (χ1v) is 11.8. The summed E-state index contributed by atoms with van der Waals surface area (Å²) in [6.45, 7) is 0.353. The predicted octanol–water partition coefficient (Wildman–Crippen LogP) is 4.46. The van der Waals surface area contributed by atoms with Gasteiger partial charge in [-0.25, -0.2) is 4.39 Å². The van der Waals surface area contributed by atoms with Gasteiger partial charge in [-0.3, -0.25) is 19.6 Å². The molecule has 37 heavy (non-hydrogen) atoms. The fourth-order valence-electron chi connectivity index (χ4n) is 3.55. The first-order valence-electron chi connectivity index (χ1n) is 11.8. The Bertz CT molecular complexity index is 1280. The van der Waals surface area contributed by atoms with Crippen molar-refractivity contribution in [1.82, 2.24) is 15.3 Å². The normalized spacial score (nSPS) is 11.5. The van der Waals surface area contributed by atoms with Gasteiger partial charge in [0, 0.05) is 25.0 Å². The number of carbonyl (C=O) groups is 2. The molecule has 1 heterocycles. The van der Waals surface area contributed by atoms with Crippen LogP contribution in [0.15, 0.2) is 97.5 Å². The maximum absolute atomic E-state index is 13.2. The van der Waals surface area contributed by atoms with E-state index in [1.807, 2.05) is 30.3 Å². The van der Waals surface area contributed by atoms with Gasteiger partial charge in [-0.05, 0) is 47.5 Å². The molecular weight excluding hydrogens is 473 g/mol. The van der Waals surface area contributed by atoms with Gasteiger partial charge in [0.1, 0.15) is 23.4 Å². The van der Waals surface area contributed by atoms with Gasteiger partial charge in [-0.2, -0.15) is 0 Å².